The van der Waals surface area contributed by atoms with E-state index >= 15 is 0 Å². The van der Waals surface area contributed by atoms with E-state index in [9.17, 15) is 4.79 Å². The molecule has 5 heteroatoms. The summed E-state index contributed by atoms with van der Waals surface area (Å²) in [5, 5.41) is 9.95. The predicted octanol–water partition coefficient (Wildman–Crippen LogP) is 3.81. The van der Waals surface area contributed by atoms with Crippen LogP contribution in [0.2, 0.25) is 0 Å². The molecule has 0 amide bonds. The second kappa shape index (κ2) is 6.07. The van der Waals surface area contributed by atoms with Crippen molar-refractivity contribution in [1.29, 1.82) is 0 Å². The smallest absolute Gasteiger partial charge is 0.308 e. The average Bonchev–Trinajstić information content (AvgIpc) is 2.92. The number of benzene rings is 1. The molecular weight excluding hydrogens is 296 g/mol. The third kappa shape index (κ3) is 3.04. The van der Waals surface area contributed by atoms with E-state index in [4.69, 9.17) is 5.11 Å². The molecule has 0 aliphatic carbocycles. The number of aryl methyl sites for hydroxylation is 1. The van der Waals surface area contributed by atoms with Crippen molar-refractivity contribution in [1.82, 2.24) is 9.97 Å². The number of rotatable bonds is 4. The van der Waals surface area contributed by atoms with Gasteiger partial charge in [-0.15, -0.1) is 11.3 Å². The number of thiazole rings is 1. The van der Waals surface area contributed by atoms with Gasteiger partial charge in [0, 0.05) is 28.4 Å². The van der Waals surface area contributed by atoms with Crippen LogP contribution in [0.3, 0.4) is 0 Å². The lowest BCUT2D eigenvalue weighted by Gasteiger charge is -1.99. The zero-order valence-electron chi connectivity index (χ0n) is 12.0. The van der Waals surface area contributed by atoms with Crippen molar-refractivity contribution in [3.05, 3.63) is 59.2 Å². The number of hydrogen-bond acceptors (Lipinski definition) is 4. The van der Waals surface area contributed by atoms with Gasteiger partial charge in [-0.2, -0.15) is 0 Å². The van der Waals surface area contributed by atoms with Gasteiger partial charge in [0.15, 0.2) is 0 Å². The molecule has 4 nitrogen and oxygen atoms in total. The lowest BCUT2D eigenvalue weighted by Crippen LogP contribution is -1.99. The second-order valence-electron chi connectivity index (χ2n) is 4.97. The van der Waals surface area contributed by atoms with Crippen LogP contribution in [0.1, 0.15) is 10.4 Å². The van der Waals surface area contributed by atoms with Crippen LogP contribution in [0, 0.1) is 6.92 Å². The predicted molar refractivity (Wildman–Crippen MR) is 86.9 cm³/mol. The molecule has 3 aromatic rings. The molecule has 3 rings (SSSR count). The van der Waals surface area contributed by atoms with Gasteiger partial charge in [-0.25, -0.2) is 4.98 Å². The van der Waals surface area contributed by atoms with Crippen molar-refractivity contribution in [2.45, 2.75) is 13.3 Å². The molecule has 110 valence electrons. The first-order chi connectivity index (χ1) is 10.6. The van der Waals surface area contributed by atoms with Crippen LogP contribution in [-0.2, 0) is 11.2 Å². The molecule has 2 heterocycles. The number of aromatic nitrogens is 2. The maximum atomic E-state index is 11.1. The van der Waals surface area contributed by atoms with E-state index in [0.717, 1.165) is 21.0 Å². The molecule has 0 bridgehead atoms. The molecule has 1 aromatic carbocycles. The fourth-order valence-corrected chi connectivity index (χ4v) is 3.24. The lowest BCUT2D eigenvalue weighted by atomic mass is 10.1. The van der Waals surface area contributed by atoms with Gasteiger partial charge in [0.2, 0.25) is 0 Å². The van der Waals surface area contributed by atoms with E-state index < -0.39 is 5.97 Å². The molecule has 0 saturated heterocycles. The van der Waals surface area contributed by atoms with E-state index in [0.29, 0.717) is 5.69 Å². The number of aliphatic carboxylic acids is 1. The van der Waals surface area contributed by atoms with E-state index in [1.54, 1.807) is 12.4 Å². The van der Waals surface area contributed by atoms with Gasteiger partial charge < -0.3 is 5.11 Å². The summed E-state index contributed by atoms with van der Waals surface area (Å²) in [6.45, 7) is 2.03. The Morgan fingerprint density at radius 1 is 1.18 bits per heavy atom. The topological polar surface area (TPSA) is 63.1 Å². The van der Waals surface area contributed by atoms with Crippen LogP contribution < -0.4 is 0 Å². The number of carbonyl (C=O) groups is 1. The van der Waals surface area contributed by atoms with Gasteiger partial charge in [-0.05, 0) is 19.1 Å². The quantitative estimate of drug-likeness (QED) is 0.796. The number of carboxylic acids is 1. The van der Waals surface area contributed by atoms with Gasteiger partial charge in [-0.3, -0.25) is 9.78 Å². The highest BCUT2D eigenvalue weighted by Crippen LogP contribution is 2.34. The highest BCUT2D eigenvalue weighted by Gasteiger charge is 2.16. The molecule has 0 fully saturated rings. The fraction of sp³-hybridized carbons (Fsp3) is 0.118. The average molecular weight is 310 g/mol. The first-order valence-corrected chi connectivity index (χ1v) is 7.64. The normalized spacial score (nSPS) is 10.6. The first-order valence-electron chi connectivity index (χ1n) is 6.82. The first kappa shape index (κ1) is 14.4. The highest BCUT2D eigenvalue weighted by atomic mass is 32.1. The molecule has 1 N–H and O–H groups in total. The summed E-state index contributed by atoms with van der Waals surface area (Å²) < 4.78 is 0. The van der Waals surface area contributed by atoms with Crippen molar-refractivity contribution in [3.8, 4) is 21.8 Å². The van der Waals surface area contributed by atoms with Crippen LogP contribution >= 0.6 is 11.3 Å². The molecule has 0 spiro atoms. The number of hydrogen-bond donors (Lipinski definition) is 1. The third-order valence-electron chi connectivity index (χ3n) is 3.24. The summed E-state index contributed by atoms with van der Waals surface area (Å²) in [7, 11) is 0. The van der Waals surface area contributed by atoms with Gasteiger partial charge >= 0.3 is 5.97 Å². The van der Waals surface area contributed by atoms with Crippen LogP contribution in [0.25, 0.3) is 21.8 Å². The molecule has 0 unspecified atom stereocenters. The molecule has 2 aromatic heterocycles. The van der Waals surface area contributed by atoms with Crippen LogP contribution in [-0.4, -0.2) is 21.0 Å². The minimum Gasteiger partial charge on any atom is -0.481 e. The summed E-state index contributed by atoms with van der Waals surface area (Å²) in [6.07, 6.45) is 3.36. The van der Waals surface area contributed by atoms with Gasteiger partial charge in [0.1, 0.15) is 5.01 Å². The maximum Gasteiger partial charge on any atom is 0.308 e. The zero-order chi connectivity index (χ0) is 15.5. The monoisotopic (exact) mass is 310 g/mol. The Balaban J connectivity index is 2.08. The molecule has 0 radical (unpaired) electrons. The highest BCUT2D eigenvalue weighted by molar-refractivity contribution is 7.15. The number of carboxylic acid groups (broad SMARTS) is 1. The van der Waals surface area contributed by atoms with Gasteiger partial charge in [-0.1, -0.05) is 29.8 Å². The maximum absolute atomic E-state index is 11.1. The Kier molecular flexibility index (Phi) is 3.98. The van der Waals surface area contributed by atoms with Crippen molar-refractivity contribution in [2.24, 2.45) is 0 Å². The Bertz CT molecular complexity index is 795. The largest absolute Gasteiger partial charge is 0.481 e. The molecule has 0 atom stereocenters. The number of nitrogens with zero attached hydrogens (tertiary/aromatic N) is 2. The second-order valence-corrected chi connectivity index (χ2v) is 6.05. The summed E-state index contributed by atoms with van der Waals surface area (Å²) >= 11 is 1.42. The van der Waals surface area contributed by atoms with Crippen molar-refractivity contribution in [2.75, 3.05) is 0 Å². The zero-order valence-corrected chi connectivity index (χ0v) is 12.8. The van der Waals surface area contributed by atoms with Crippen molar-refractivity contribution < 1.29 is 9.90 Å². The van der Waals surface area contributed by atoms with Crippen LogP contribution in [0.5, 0.6) is 0 Å². The number of pyridine rings is 1. The standard InChI is InChI=1S/C17H14N2O2S/c1-11-4-6-12(7-5-11)17-19-16(13-3-2-8-18-10-13)14(22-17)9-15(20)21/h2-8,10H,9H2,1H3,(H,20,21). The Morgan fingerprint density at radius 3 is 2.59 bits per heavy atom. The third-order valence-corrected chi connectivity index (χ3v) is 4.35. The van der Waals surface area contributed by atoms with Crippen LogP contribution in [0.15, 0.2) is 48.8 Å². The molecule has 0 aliphatic rings. The summed E-state index contributed by atoms with van der Waals surface area (Å²) in [5.41, 5.74) is 3.72. The van der Waals surface area contributed by atoms with Gasteiger partial charge in [0.05, 0.1) is 12.1 Å². The van der Waals surface area contributed by atoms with E-state index in [-0.39, 0.29) is 6.42 Å². The van der Waals surface area contributed by atoms with Crippen molar-refractivity contribution >= 4 is 17.3 Å². The fourth-order valence-electron chi connectivity index (χ4n) is 2.16. The Labute approximate surface area is 132 Å². The van der Waals surface area contributed by atoms with E-state index in [2.05, 4.69) is 9.97 Å². The summed E-state index contributed by atoms with van der Waals surface area (Å²) in [4.78, 5) is 20.6. The molecular formula is C17H14N2O2S. The molecule has 22 heavy (non-hydrogen) atoms. The molecule has 0 saturated carbocycles. The van der Waals surface area contributed by atoms with E-state index in [1.807, 2.05) is 43.3 Å². The summed E-state index contributed by atoms with van der Waals surface area (Å²) in [5.74, 6) is -0.857. The SMILES string of the molecule is Cc1ccc(-c2nc(-c3cccnc3)c(CC(=O)O)s2)cc1. The Hall–Kier alpha value is -2.53. The van der Waals surface area contributed by atoms with E-state index in [1.165, 1.54) is 16.9 Å². The van der Waals surface area contributed by atoms with Crippen LogP contribution in [0.4, 0.5) is 0 Å². The molecule has 0 aliphatic heterocycles. The minimum absolute atomic E-state index is 0.0340. The lowest BCUT2D eigenvalue weighted by molar-refractivity contribution is -0.136. The summed E-state index contributed by atoms with van der Waals surface area (Å²) in [6, 6.07) is 11.8. The van der Waals surface area contributed by atoms with Gasteiger partial charge in [0.25, 0.3) is 0 Å². The Morgan fingerprint density at radius 2 is 1.95 bits per heavy atom. The van der Waals surface area contributed by atoms with Crippen molar-refractivity contribution in [3.63, 3.8) is 0 Å². The minimum atomic E-state index is -0.857.